The Bertz CT molecular complexity index is 1460. The van der Waals surface area contributed by atoms with Gasteiger partial charge in [0.25, 0.3) is 5.89 Å². The molecule has 13 heteroatoms. The molecule has 5 rings (SSSR count). The molecule has 4 heterocycles. The van der Waals surface area contributed by atoms with Crippen molar-refractivity contribution >= 4 is 17.1 Å². The second kappa shape index (κ2) is 9.47. The van der Waals surface area contributed by atoms with Crippen LogP contribution in [0.1, 0.15) is 36.9 Å². The number of nitrogens with zero attached hydrogens (tertiary/aromatic N) is 6. The molecule has 1 saturated heterocycles. The summed E-state index contributed by atoms with van der Waals surface area (Å²) in [5, 5.41) is 6.89. The van der Waals surface area contributed by atoms with E-state index >= 15 is 0 Å². The van der Waals surface area contributed by atoms with Crippen LogP contribution in [0.25, 0.3) is 22.5 Å². The van der Waals surface area contributed by atoms with Crippen molar-refractivity contribution in [1.29, 1.82) is 0 Å². The number of likely N-dealkylation sites (tertiary alicyclic amines) is 1. The molecule has 4 aromatic rings. The minimum atomic E-state index is -2.88. The van der Waals surface area contributed by atoms with E-state index in [0.717, 1.165) is 0 Å². The molecule has 0 bridgehead atoms. The van der Waals surface area contributed by atoms with E-state index in [0.29, 0.717) is 48.2 Å². The van der Waals surface area contributed by atoms with Gasteiger partial charge in [0, 0.05) is 25.3 Å². The first-order valence-electron chi connectivity index (χ1n) is 11.2. The molecular formula is C23H21F3N6O4. The lowest BCUT2D eigenvalue weighted by molar-refractivity contribution is 0.107. The van der Waals surface area contributed by atoms with Crippen molar-refractivity contribution in [3.05, 3.63) is 64.4 Å². The number of piperidine rings is 1. The first-order chi connectivity index (χ1) is 17.4. The molecule has 188 valence electrons. The lowest BCUT2D eigenvalue weighted by atomic mass is 10.0. The Morgan fingerprint density at radius 3 is 2.58 bits per heavy atom. The van der Waals surface area contributed by atoms with Gasteiger partial charge in [-0.25, -0.2) is 14.0 Å². The molecule has 36 heavy (non-hydrogen) atoms. The Morgan fingerprint density at radius 2 is 1.94 bits per heavy atom. The van der Waals surface area contributed by atoms with Gasteiger partial charge >= 0.3 is 18.2 Å². The summed E-state index contributed by atoms with van der Waals surface area (Å²) in [5.74, 6) is -1.37. The summed E-state index contributed by atoms with van der Waals surface area (Å²) in [6.45, 7) is 0.923. The Balaban J connectivity index is 1.44. The number of aromatic nitrogens is 5. The normalized spacial score (nSPS) is 14.6. The zero-order chi connectivity index (χ0) is 25.4. The van der Waals surface area contributed by atoms with Crippen LogP contribution in [0.3, 0.4) is 0 Å². The van der Waals surface area contributed by atoms with Crippen LogP contribution in [0.4, 0.5) is 18.0 Å². The molecule has 1 aliphatic heterocycles. The highest BCUT2D eigenvalue weighted by Gasteiger charge is 2.28. The van der Waals surface area contributed by atoms with E-state index in [4.69, 9.17) is 9.15 Å². The molecule has 0 N–H and O–H groups in total. The van der Waals surface area contributed by atoms with Gasteiger partial charge in [-0.3, -0.25) is 14.1 Å². The summed E-state index contributed by atoms with van der Waals surface area (Å²) in [6.07, 6.45) is -0.820. The Kier molecular flexibility index (Phi) is 6.20. The number of benzene rings is 1. The van der Waals surface area contributed by atoms with Crippen LogP contribution < -0.4 is 5.69 Å². The van der Waals surface area contributed by atoms with E-state index in [1.54, 1.807) is 27.7 Å². The molecule has 0 spiro atoms. The molecule has 1 fully saturated rings. The van der Waals surface area contributed by atoms with E-state index in [1.807, 2.05) is 0 Å². The number of imidazole rings is 1. The number of rotatable bonds is 5. The highest BCUT2D eigenvalue weighted by molar-refractivity contribution is 5.76. The molecule has 3 aromatic heterocycles. The van der Waals surface area contributed by atoms with Crippen molar-refractivity contribution in [2.45, 2.75) is 31.9 Å². The number of ether oxygens (including phenoxy) is 1. The monoisotopic (exact) mass is 502 g/mol. The average molecular weight is 502 g/mol. The third kappa shape index (κ3) is 4.32. The topological polar surface area (TPSA) is 108 Å². The number of carbonyl (C=O) groups is 1. The van der Waals surface area contributed by atoms with Gasteiger partial charge in [-0.15, -0.1) is 10.2 Å². The molecule has 0 atom stereocenters. The fraction of sp³-hybridized carbons (Fsp3) is 0.348. The number of hydrogen-bond acceptors (Lipinski definition) is 7. The van der Waals surface area contributed by atoms with Crippen molar-refractivity contribution in [3.63, 3.8) is 0 Å². The van der Waals surface area contributed by atoms with Gasteiger partial charge in [-0.1, -0.05) is 0 Å². The van der Waals surface area contributed by atoms with Crippen LogP contribution in [0.2, 0.25) is 0 Å². The Hall–Kier alpha value is -4.16. The molecule has 1 aromatic carbocycles. The molecule has 0 radical (unpaired) electrons. The maximum atomic E-state index is 14.1. The Morgan fingerprint density at radius 1 is 1.17 bits per heavy atom. The van der Waals surface area contributed by atoms with Crippen LogP contribution in [-0.2, 0) is 11.3 Å². The SMILES string of the molecule is COC(=O)N1CCC(n2c(=O)n(Cc3ccc(-c4nnc(C(F)F)o4)cn3)c3cc(F)ccc32)CC1. The van der Waals surface area contributed by atoms with E-state index in [1.165, 1.54) is 30.0 Å². The Labute approximate surface area is 201 Å². The van der Waals surface area contributed by atoms with E-state index < -0.39 is 24.2 Å². The van der Waals surface area contributed by atoms with Crippen molar-refractivity contribution in [2.75, 3.05) is 20.2 Å². The quantitative estimate of drug-likeness (QED) is 0.409. The lowest BCUT2D eigenvalue weighted by Crippen LogP contribution is -2.41. The van der Waals surface area contributed by atoms with E-state index in [-0.39, 0.29) is 24.2 Å². The maximum Gasteiger partial charge on any atom is 0.409 e. The second-order valence-corrected chi connectivity index (χ2v) is 8.34. The van der Waals surface area contributed by atoms with Gasteiger partial charge in [0.1, 0.15) is 5.82 Å². The summed E-state index contributed by atoms with van der Waals surface area (Å²) in [7, 11) is 1.32. The third-order valence-corrected chi connectivity index (χ3v) is 6.21. The molecule has 10 nitrogen and oxygen atoms in total. The molecule has 1 amide bonds. The highest BCUT2D eigenvalue weighted by atomic mass is 19.3. The number of pyridine rings is 1. The van der Waals surface area contributed by atoms with Crippen LogP contribution in [0, 0.1) is 5.82 Å². The summed E-state index contributed by atoms with van der Waals surface area (Å²) >= 11 is 0. The number of hydrogen-bond donors (Lipinski definition) is 0. The number of methoxy groups -OCH3 is 1. The number of carbonyl (C=O) groups excluding carboxylic acids is 1. The van der Waals surface area contributed by atoms with Gasteiger partial charge in [0.2, 0.25) is 5.89 Å². The summed E-state index contributed by atoms with van der Waals surface area (Å²) in [4.78, 5) is 31.2. The molecule has 0 aliphatic carbocycles. The number of amides is 1. The zero-order valence-electron chi connectivity index (χ0n) is 19.1. The molecule has 0 saturated carbocycles. The van der Waals surface area contributed by atoms with Gasteiger partial charge < -0.3 is 14.1 Å². The summed E-state index contributed by atoms with van der Waals surface area (Å²) in [6, 6.07) is 7.17. The largest absolute Gasteiger partial charge is 0.453 e. The van der Waals surface area contributed by atoms with Crippen LogP contribution in [-0.4, -0.2) is 55.5 Å². The zero-order valence-corrected chi connectivity index (χ0v) is 19.1. The standard InChI is InChI=1S/C23H21F3N6O4/c1-35-23(34)30-8-6-16(7-9-30)32-17-5-3-14(24)10-18(17)31(22(32)33)12-15-4-2-13(11-27-15)20-28-29-21(36-20)19(25)26/h2-5,10-11,16,19H,6-9,12H2,1H3. The minimum absolute atomic E-state index is 0.0548. The smallest absolute Gasteiger partial charge is 0.409 e. The van der Waals surface area contributed by atoms with Gasteiger partial charge in [0.15, 0.2) is 0 Å². The first kappa shape index (κ1) is 23.6. The van der Waals surface area contributed by atoms with Crippen LogP contribution in [0.5, 0.6) is 0 Å². The number of fused-ring (bicyclic) bond motifs is 1. The first-order valence-corrected chi connectivity index (χ1v) is 11.2. The molecular weight excluding hydrogens is 481 g/mol. The average Bonchev–Trinajstić information content (AvgIpc) is 3.48. The van der Waals surface area contributed by atoms with Gasteiger partial charge in [-0.2, -0.15) is 8.78 Å². The number of halogens is 3. The van der Waals surface area contributed by atoms with Crippen molar-refractivity contribution in [1.82, 2.24) is 29.2 Å². The van der Waals surface area contributed by atoms with Gasteiger partial charge in [0.05, 0.1) is 35.9 Å². The van der Waals surface area contributed by atoms with Crippen LogP contribution in [0.15, 0.2) is 45.7 Å². The predicted molar refractivity (Wildman–Crippen MR) is 120 cm³/mol. The maximum absolute atomic E-state index is 14.1. The fourth-order valence-corrected chi connectivity index (χ4v) is 4.44. The van der Waals surface area contributed by atoms with Crippen LogP contribution >= 0.6 is 0 Å². The minimum Gasteiger partial charge on any atom is -0.453 e. The van der Waals surface area contributed by atoms with Gasteiger partial charge in [-0.05, 0) is 43.2 Å². The molecule has 1 aliphatic rings. The van der Waals surface area contributed by atoms with Crippen molar-refractivity contribution in [3.8, 4) is 11.5 Å². The fourth-order valence-electron chi connectivity index (χ4n) is 4.44. The summed E-state index contributed by atoms with van der Waals surface area (Å²) in [5.41, 5.74) is 1.51. The highest BCUT2D eigenvalue weighted by Crippen LogP contribution is 2.27. The van der Waals surface area contributed by atoms with E-state index in [9.17, 15) is 22.8 Å². The third-order valence-electron chi connectivity index (χ3n) is 6.21. The van der Waals surface area contributed by atoms with Crippen molar-refractivity contribution < 1.29 is 27.1 Å². The number of alkyl halides is 2. The predicted octanol–water partition coefficient (Wildman–Crippen LogP) is 3.78. The second-order valence-electron chi connectivity index (χ2n) is 8.34. The summed E-state index contributed by atoms with van der Waals surface area (Å²) < 4.78 is 52.3. The van der Waals surface area contributed by atoms with Crippen molar-refractivity contribution in [2.24, 2.45) is 0 Å². The lowest BCUT2D eigenvalue weighted by Gasteiger charge is -2.31. The molecule has 0 unspecified atom stereocenters. The van der Waals surface area contributed by atoms with E-state index in [2.05, 4.69) is 15.2 Å².